The fourth-order valence-corrected chi connectivity index (χ4v) is 3.34. The van der Waals surface area contributed by atoms with Crippen molar-refractivity contribution in [1.82, 2.24) is 0 Å². The second kappa shape index (κ2) is 5.21. The van der Waals surface area contributed by atoms with E-state index in [-0.39, 0.29) is 10.6 Å². The lowest BCUT2D eigenvalue weighted by Crippen LogP contribution is -1.93. The molecule has 0 spiro atoms. The normalized spacial score (nSPS) is 11.2. The minimum Gasteiger partial charge on any atom is -0.456 e. The number of para-hydroxylation sites is 2. The fraction of sp³-hybridized carbons (Fsp3) is 0. The van der Waals surface area contributed by atoms with E-state index in [0.29, 0.717) is 10.0 Å². The maximum absolute atomic E-state index is 11.4. The molecule has 0 atom stereocenters. The van der Waals surface area contributed by atoms with Crippen molar-refractivity contribution in [2.45, 2.75) is 0 Å². The Morgan fingerprint density at radius 3 is 2.52 bits per heavy atom. The summed E-state index contributed by atoms with van der Waals surface area (Å²) >= 11 is 3.26. The summed E-state index contributed by atoms with van der Waals surface area (Å²) < 4.78 is 6.33. The highest BCUT2D eigenvalue weighted by atomic mass is 79.9. The van der Waals surface area contributed by atoms with E-state index >= 15 is 0 Å². The Labute approximate surface area is 139 Å². The highest BCUT2D eigenvalue weighted by Crippen LogP contribution is 2.38. The van der Waals surface area contributed by atoms with Crippen LogP contribution in [0.5, 0.6) is 0 Å². The van der Waals surface area contributed by atoms with Crippen LogP contribution in [0.1, 0.15) is 0 Å². The second-order valence-corrected chi connectivity index (χ2v) is 6.06. The van der Waals surface area contributed by atoms with Gasteiger partial charge in [0.15, 0.2) is 0 Å². The summed E-state index contributed by atoms with van der Waals surface area (Å²) in [5.74, 6) is 0. The largest absolute Gasteiger partial charge is 0.456 e. The van der Waals surface area contributed by atoms with E-state index in [4.69, 9.17) is 4.42 Å². The third-order valence-electron chi connectivity index (χ3n) is 3.86. The Kier molecular flexibility index (Phi) is 3.16. The molecular formula is C18H10BrNO3. The second-order valence-electron chi connectivity index (χ2n) is 5.20. The molecule has 23 heavy (non-hydrogen) atoms. The highest BCUT2D eigenvalue weighted by molar-refractivity contribution is 9.10. The number of nitro groups is 1. The molecule has 4 nitrogen and oxygen atoms in total. The van der Waals surface area contributed by atoms with E-state index in [2.05, 4.69) is 15.9 Å². The molecule has 1 heterocycles. The van der Waals surface area contributed by atoms with Gasteiger partial charge in [0, 0.05) is 10.8 Å². The van der Waals surface area contributed by atoms with E-state index in [1.165, 1.54) is 0 Å². The molecule has 4 aromatic rings. The van der Waals surface area contributed by atoms with E-state index in [1.807, 2.05) is 42.5 Å². The molecule has 0 N–H and O–H groups in total. The van der Waals surface area contributed by atoms with Crippen molar-refractivity contribution in [2.24, 2.45) is 0 Å². The van der Waals surface area contributed by atoms with Crippen LogP contribution in [-0.2, 0) is 0 Å². The average molecular weight is 368 g/mol. The van der Waals surface area contributed by atoms with Crippen LogP contribution in [0.15, 0.2) is 69.6 Å². The molecule has 0 amide bonds. The van der Waals surface area contributed by atoms with Gasteiger partial charge in [-0.2, -0.15) is 0 Å². The van der Waals surface area contributed by atoms with Crippen molar-refractivity contribution in [3.05, 3.63) is 75.3 Å². The third kappa shape index (κ3) is 2.21. The highest BCUT2D eigenvalue weighted by Gasteiger charge is 2.20. The van der Waals surface area contributed by atoms with Crippen molar-refractivity contribution in [1.29, 1.82) is 0 Å². The molecule has 3 aromatic carbocycles. The molecule has 0 saturated heterocycles. The van der Waals surface area contributed by atoms with Gasteiger partial charge in [0.25, 0.3) is 5.69 Å². The Morgan fingerprint density at radius 2 is 1.70 bits per heavy atom. The molecular weight excluding hydrogens is 358 g/mol. The number of benzene rings is 3. The summed E-state index contributed by atoms with van der Waals surface area (Å²) in [7, 11) is 0. The van der Waals surface area contributed by atoms with Crippen molar-refractivity contribution < 1.29 is 9.34 Å². The van der Waals surface area contributed by atoms with E-state index in [9.17, 15) is 10.1 Å². The van der Waals surface area contributed by atoms with Gasteiger partial charge in [-0.1, -0.05) is 30.3 Å². The van der Waals surface area contributed by atoms with Gasteiger partial charge in [-0.05, 0) is 51.8 Å². The molecule has 1 aromatic heterocycles. The topological polar surface area (TPSA) is 56.3 Å². The first-order valence-corrected chi connectivity index (χ1v) is 7.79. The van der Waals surface area contributed by atoms with E-state index in [1.54, 1.807) is 18.2 Å². The molecule has 0 aliphatic carbocycles. The lowest BCUT2D eigenvalue weighted by Gasteiger charge is -2.04. The van der Waals surface area contributed by atoms with Gasteiger partial charge in [0.05, 0.1) is 15.0 Å². The van der Waals surface area contributed by atoms with Crippen LogP contribution < -0.4 is 0 Å². The van der Waals surface area contributed by atoms with Crippen molar-refractivity contribution >= 4 is 43.6 Å². The zero-order chi connectivity index (χ0) is 16.0. The first-order chi connectivity index (χ1) is 11.1. The van der Waals surface area contributed by atoms with Crippen LogP contribution in [0.25, 0.3) is 33.1 Å². The van der Waals surface area contributed by atoms with Crippen LogP contribution in [0.4, 0.5) is 5.69 Å². The molecule has 5 heteroatoms. The molecule has 0 aliphatic rings. The Bertz CT molecular complexity index is 1070. The molecule has 0 fully saturated rings. The number of nitro benzene ring substituents is 1. The van der Waals surface area contributed by atoms with Crippen molar-refractivity contribution in [3.63, 3.8) is 0 Å². The van der Waals surface area contributed by atoms with Crippen LogP contribution in [-0.4, -0.2) is 4.92 Å². The van der Waals surface area contributed by atoms with Crippen molar-refractivity contribution in [2.75, 3.05) is 0 Å². The standard InChI is InChI=1S/C18H10BrNO3/c19-15-6-3-5-12(18(15)20(21)22)11-8-9-14-13-4-1-2-7-16(13)23-17(14)10-11/h1-10H. The van der Waals surface area contributed by atoms with Gasteiger partial charge in [-0.25, -0.2) is 0 Å². The maximum atomic E-state index is 11.4. The monoisotopic (exact) mass is 367 g/mol. The Hall–Kier alpha value is -2.66. The minimum atomic E-state index is -0.373. The summed E-state index contributed by atoms with van der Waals surface area (Å²) in [5.41, 5.74) is 2.90. The maximum Gasteiger partial charge on any atom is 0.291 e. The van der Waals surface area contributed by atoms with Gasteiger partial charge >= 0.3 is 0 Å². The molecule has 0 radical (unpaired) electrons. The summed E-state index contributed by atoms with van der Waals surface area (Å²) in [4.78, 5) is 11.0. The van der Waals surface area contributed by atoms with Crippen LogP contribution in [0.2, 0.25) is 0 Å². The first-order valence-electron chi connectivity index (χ1n) is 7.00. The molecule has 0 unspecified atom stereocenters. The average Bonchev–Trinajstić information content (AvgIpc) is 2.91. The summed E-state index contributed by atoms with van der Waals surface area (Å²) in [5, 5.41) is 13.4. The number of rotatable bonds is 2. The fourth-order valence-electron chi connectivity index (χ4n) is 2.83. The lowest BCUT2D eigenvalue weighted by molar-refractivity contribution is -0.385. The third-order valence-corrected chi connectivity index (χ3v) is 4.50. The zero-order valence-corrected chi connectivity index (χ0v) is 13.4. The Balaban J connectivity index is 1.99. The van der Waals surface area contributed by atoms with Gasteiger partial charge in [-0.15, -0.1) is 0 Å². The van der Waals surface area contributed by atoms with Crippen molar-refractivity contribution in [3.8, 4) is 11.1 Å². The lowest BCUT2D eigenvalue weighted by atomic mass is 10.0. The summed E-state index contributed by atoms with van der Waals surface area (Å²) in [6.45, 7) is 0. The van der Waals surface area contributed by atoms with E-state index in [0.717, 1.165) is 27.5 Å². The Morgan fingerprint density at radius 1 is 0.913 bits per heavy atom. The first kappa shape index (κ1) is 14.0. The smallest absolute Gasteiger partial charge is 0.291 e. The number of nitrogens with zero attached hydrogens (tertiary/aromatic N) is 1. The van der Waals surface area contributed by atoms with Gasteiger partial charge in [0.1, 0.15) is 11.2 Å². The van der Waals surface area contributed by atoms with E-state index < -0.39 is 0 Å². The zero-order valence-electron chi connectivity index (χ0n) is 11.8. The summed E-state index contributed by atoms with van der Waals surface area (Å²) in [6, 6.07) is 18.7. The minimum absolute atomic E-state index is 0.0583. The quantitative estimate of drug-likeness (QED) is 0.326. The molecule has 4 rings (SSSR count). The number of furan rings is 1. The van der Waals surface area contributed by atoms with Gasteiger partial charge in [0.2, 0.25) is 0 Å². The number of halogens is 1. The predicted molar refractivity (Wildman–Crippen MR) is 93.5 cm³/mol. The SMILES string of the molecule is O=[N+]([O-])c1c(Br)cccc1-c1ccc2c(c1)oc1ccccc12. The molecule has 0 aliphatic heterocycles. The number of hydrogen-bond acceptors (Lipinski definition) is 3. The number of hydrogen-bond donors (Lipinski definition) is 0. The van der Waals surface area contributed by atoms with Crippen LogP contribution in [0.3, 0.4) is 0 Å². The number of fused-ring (bicyclic) bond motifs is 3. The van der Waals surface area contributed by atoms with Gasteiger partial charge < -0.3 is 4.42 Å². The van der Waals surface area contributed by atoms with Gasteiger partial charge in [-0.3, -0.25) is 10.1 Å². The molecule has 0 bridgehead atoms. The van der Waals surface area contributed by atoms with Crippen LogP contribution in [0, 0.1) is 10.1 Å². The molecule has 112 valence electrons. The summed E-state index contributed by atoms with van der Waals surface area (Å²) in [6.07, 6.45) is 0. The predicted octanol–water partition coefficient (Wildman–Crippen LogP) is 5.92. The molecule has 0 saturated carbocycles. The van der Waals surface area contributed by atoms with Crippen LogP contribution >= 0.6 is 15.9 Å².